The molecule has 16 heavy (non-hydrogen) atoms. The molecule has 1 saturated heterocycles. The number of hydrogen-bond acceptors (Lipinski definition) is 2. The van der Waals surface area contributed by atoms with Crippen molar-refractivity contribution in [3.05, 3.63) is 0 Å². The fraction of sp³-hybridized carbons (Fsp3) is 0.818. The highest BCUT2D eigenvalue weighted by Gasteiger charge is 2.27. The number of hydrogen-bond donors (Lipinski definition) is 2. The average molecular weight is 228 g/mol. The molecule has 0 radical (unpaired) electrons. The molecule has 3 atom stereocenters. The number of rotatable bonds is 2. The molecule has 0 bridgehead atoms. The molecule has 2 amide bonds. The lowest BCUT2D eigenvalue weighted by Crippen LogP contribution is -2.50. The van der Waals surface area contributed by atoms with E-state index in [-0.39, 0.29) is 6.03 Å². The molecule has 0 aliphatic carbocycles. The summed E-state index contributed by atoms with van der Waals surface area (Å²) < 4.78 is 0. The fourth-order valence-electron chi connectivity index (χ4n) is 1.79. The van der Waals surface area contributed by atoms with E-state index in [9.17, 15) is 9.59 Å². The van der Waals surface area contributed by atoms with Crippen molar-refractivity contribution in [2.75, 3.05) is 13.1 Å². The number of carbonyl (C=O) groups excluding carboxylic acids is 1. The van der Waals surface area contributed by atoms with Crippen LogP contribution in [0.15, 0.2) is 0 Å². The van der Waals surface area contributed by atoms with Crippen LogP contribution in [-0.4, -0.2) is 41.1 Å². The second-order valence-electron chi connectivity index (χ2n) is 4.70. The summed E-state index contributed by atoms with van der Waals surface area (Å²) in [5.41, 5.74) is 0. The number of piperidine rings is 1. The van der Waals surface area contributed by atoms with Gasteiger partial charge in [-0.15, -0.1) is 0 Å². The van der Waals surface area contributed by atoms with Gasteiger partial charge in [0.25, 0.3) is 0 Å². The van der Waals surface area contributed by atoms with Gasteiger partial charge in [0.1, 0.15) is 6.04 Å². The van der Waals surface area contributed by atoms with E-state index in [2.05, 4.69) is 19.2 Å². The molecule has 0 saturated carbocycles. The maximum Gasteiger partial charge on any atom is 0.325 e. The molecule has 0 aromatic rings. The van der Waals surface area contributed by atoms with Crippen molar-refractivity contribution in [1.82, 2.24) is 10.2 Å². The van der Waals surface area contributed by atoms with E-state index in [1.807, 2.05) is 0 Å². The first-order valence-corrected chi connectivity index (χ1v) is 5.70. The Morgan fingerprint density at radius 3 is 2.50 bits per heavy atom. The minimum absolute atomic E-state index is 0.270. The molecule has 0 aromatic heterocycles. The maximum atomic E-state index is 11.7. The molecule has 1 aliphatic rings. The Morgan fingerprint density at radius 2 is 2.00 bits per heavy atom. The smallest absolute Gasteiger partial charge is 0.325 e. The van der Waals surface area contributed by atoms with Crippen LogP contribution >= 0.6 is 0 Å². The highest BCUT2D eigenvalue weighted by Crippen LogP contribution is 2.22. The molecule has 1 fully saturated rings. The molecular weight excluding hydrogens is 208 g/mol. The molecule has 2 N–H and O–H groups in total. The summed E-state index contributed by atoms with van der Waals surface area (Å²) in [5, 5.41) is 11.2. The first-order chi connectivity index (χ1) is 7.41. The van der Waals surface area contributed by atoms with Crippen LogP contribution in [0.25, 0.3) is 0 Å². The molecule has 0 spiro atoms. The van der Waals surface area contributed by atoms with Gasteiger partial charge in [-0.3, -0.25) is 4.79 Å². The number of amides is 2. The zero-order valence-corrected chi connectivity index (χ0v) is 10.1. The van der Waals surface area contributed by atoms with Crippen molar-refractivity contribution in [1.29, 1.82) is 0 Å². The van der Waals surface area contributed by atoms with Crippen LogP contribution in [0.3, 0.4) is 0 Å². The van der Waals surface area contributed by atoms with Gasteiger partial charge < -0.3 is 15.3 Å². The summed E-state index contributed by atoms with van der Waals surface area (Å²) in [4.78, 5) is 24.0. The standard InChI is InChI=1S/C11H20N2O3/c1-7-4-5-13(6-8(7)2)11(16)12-9(3)10(14)15/h7-9H,4-6H2,1-3H3,(H,12,16)(H,14,15). The van der Waals surface area contributed by atoms with E-state index in [1.54, 1.807) is 4.90 Å². The minimum atomic E-state index is -1.01. The van der Waals surface area contributed by atoms with Crippen molar-refractivity contribution in [2.45, 2.75) is 33.2 Å². The zero-order valence-electron chi connectivity index (χ0n) is 10.1. The van der Waals surface area contributed by atoms with Crippen LogP contribution in [0, 0.1) is 11.8 Å². The first kappa shape index (κ1) is 12.8. The van der Waals surface area contributed by atoms with Crippen LogP contribution in [-0.2, 0) is 4.79 Å². The molecule has 1 rings (SSSR count). The van der Waals surface area contributed by atoms with Crippen molar-refractivity contribution >= 4 is 12.0 Å². The third kappa shape index (κ3) is 3.12. The highest BCUT2D eigenvalue weighted by molar-refractivity contribution is 5.82. The van der Waals surface area contributed by atoms with Crippen molar-refractivity contribution in [3.8, 4) is 0 Å². The third-order valence-electron chi connectivity index (χ3n) is 3.33. The molecular formula is C11H20N2O3. The van der Waals surface area contributed by atoms with E-state index in [0.717, 1.165) is 6.42 Å². The molecule has 5 nitrogen and oxygen atoms in total. The summed E-state index contributed by atoms with van der Waals surface area (Å²) in [7, 11) is 0. The van der Waals surface area contributed by atoms with Gasteiger partial charge in [-0.25, -0.2) is 4.79 Å². The summed E-state index contributed by atoms with van der Waals surface area (Å²) >= 11 is 0. The first-order valence-electron chi connectivity index (χ1n) is 5.70. The Kier molecular flexibility index (Phi) is 4.15. The predicted octanol–water partition coefficient (Wildman–Crippen LogP) is 1.15. The van der Waals surface area contributed by atoms with Gasteiger partial charge >= 0.3 is 12.0 Å². The Morgan fingerprint density at radius 1 is 1.38 bits per heavy atom. The van der Waals surface area contributed by atoms with Crippen molar-refractivity contribution < 1.29 is 14.7 Å². The zero-order chi connectivity index (χ0) is 12.3. The van der Waals surface area contributed by atoms with E-state index >= 15 is 0 Å². The van der Waals surface area contributed by atoms with Gasteiger partial charge in [-0.1, -0.05) is 13.8 Å². The van der Waals surface area contributed by atoms with Crippen LogP contribution in [0.5, 0.6) is 0 Å². The lowest BCUT2D eigenvalue weighted by molar-refractivity contribution is -0.138. The van der Waals surface area contributed by atoms with Crippen molar-refractivity contribution in [3.63, 3.8) is 0 Å². The predicted molar refractivity (Wildman–Crippen MR) is 60.1 cm³/mol. The monoisotopic (exact) mass is 228 g/mol. The van der Waals surface area contributed by atoms with Crippen LogP contribution in [0.2, 0.25) is 0 Å². The van der Waals surface area contributed by atoms with E-state index in [0.29, 0.717) is 24.9 Å². The Bertz CT molecular complexity index is 280. The normalized spacial score (nSPS) is 27.3. The van der Waals surface area contributed by atoms with Crippen LogP contribution < -0.4 is 5.32 Å². The lowest BCUT2D eigenvalue weighted by Gasteiger charge is -2.35. The van der Waals surface area contributed by atoms with Gasteiger partial charge in [0.2, 0.25) is 0 Å². The average Bonchev–Trinajstić information content (AvgIpc) is 2.21. The Balaban J connectivity index is 2.46. The van der Waals surface area contributed by atoms with E-state index in [4.69, 9.17) is 5.11 Å². The molecule has 5 heteroatoms. The molecule has 3 unspecified atom stereocenters. The number of carboxylic acids is 1. The lowest BCUT2D eigenvalue weighted by atomic mass is 9.89. The molecule has 0 aromatic carbocycles. The van der Waals surface area contributed by atoms with E-state index < -0.39 is 12.0 Å². The van der Waals surface area contributed by atoms with Gasteiger partial charge in [0, 0.05) is 13.1 Å². The van der Waals surface area contributed by atoms with Gasteiger partial charge in [-0.2, -0.15) is 0 Å². The number of urea groups is 1. The highest BCUT2D eigenvalue weighted by atomic mass is 16.4. The second kappa shape index (κ2) is 5.18. The largest absolute Gasteiger partial charge is 0.480 e. The Hall–Kier alpha value is -1.26. The number of nitrogens with zero attached hydrogens (tertiary/aromatic N) is 1. The summed E-state index contributed by atoms with van der Waals surface area (Å²) in [6, 6.07) is -1.10. The fourth-order valence-corrected chi connectivity index (χ4v) is 1.79. The van der Waals surface area contributed by atoms with Crippen molar-refractivity contribution in [2.24, 2.45) is 11.8 Å². The number of carbonyl (C=O) groups is 2. The SMILES string of the molecule is CC(NC(=O)N1CCC(C)C(C)C1)C(=O)O. The molecule has 1 heterocycles. The second-order valence-corrected chi connectivity index (χ2v) is 4.70. The topological polar surface area (TPSA) is 69.6 Å². The van der Waals surface area contributed by atoms with Gasteiger partial charge in [0.15, 0.2) is 0 Å². The summed E-state index contributed by atoms with van der Waals surface area (Å²) in [5.74, 6) is 0.0901. The third-order valence-corrected chi connectivity index (χ3v) is 3.33. The Labute approximate surface area is 95.8 Å². The van der Waals surface area contributed by atoms with Gasteiger partial charge in [-0.05, 0) is 25.2 Å². The van der Waals surface area contributed by atoms with Gasteiger partial charge in [0.05, 0.1) is 0 Å². The summed E-state index contributed by atoms with van der Waals surface area (Å²) in [6.45, 7) is 7.18. The quantitative estimate of drug-likeness (QED) is 0.744. The number of aliphatic carboxylic acids is 1. The number of carboxylic acid groups (broad SMARTS) is 1. The minimum Gasteiger partial charge on any atom is -0.480 e. The molecule has 92 valence electrons. The number of likely N-dealkylation sites (tertiary alicyclic amines) is 1. The van der Waals surface area contributed by atoms with Crippen LogP contribution in [0.4, 0.5) is 4.79 Å². The molecule has 1 aliphatic heterocycles. The summed E-state index contributed by atoms with van der Waals surface area (Å²) in [6.07, 6.45) is 0.982. The number of nitrogens with one attached hydrogen (secondary N) is 1. The maximum absolute atomic E-state index is 11.7. The van der Waals surface area contributed by atoms with Crippen LogP contribution in [0.1, 0.15) is 27.2 Å². The van der Waals surface area contributed by atoms with E-state index in [1.165, 1.54) is 6.92 Å².